The molecule has 0 spiro atoms. The molecule has 3 N–H and O–H groups in total. The van der Waals surface area contributed by atoms with E-state index in [1.807, 2.05) is 6.92 Å². The number of nitrogens with two attached hydrogens (primary N) is 1. The van der Waals surface area contributed by atoms with Crippen molar-refractivity contribution >= 4 is 11.7 Å². The fourth-order valence-electron chi connectivity index (χ4n) is 2.47. The van der Waals surface area contributed by atoms with E-state index in [1.165, 1.54) is 13.3 Å². The molecule has 0 aromatic carbocycles. The third-order valence-corrected chi connectivity index (χ3v) is 4.12. The van der Waals surface area contributed by atoms with Crippen molar-refractivity contribution < 1.29 is 14.7 Å². The van der Waals surface area contributed by atoms with Gasteiger partial charge in [-0.05, 0) is 18.9 Å². The summed E-state index contributed by atoms with van der Waals surface area (Å²) < 4.78 is 5.17. The van der Waals surface area contributed by atoms with Crippen LogP contribution >= 0.6 is 0 Å². The smallest absolute Gasteiger partial charge is 0.257 e. The summed E-state index contributed by atoms with van der Waals surface area (Å²) >= 11 is 0. The number of nitrogens with zero attached hydrogens (tertiary/aromatic N) is 3. The minimum Gasteiger partial charge on any atom is -0.494 e. The van der Waals surface area contributed by atoms with Gasteiger partial charge in [-0.25, -0.2) is 0 Å². The van der Waals surface area contributed by atoms with Gasteiger partial charge in [0.05, 0.1) is 18.9 Å². The zero-order valence-corrected chi connectivity index (χ0v) is 12.2. The molecule has 21 heavy (non-hydrogen) atoms. The van der Waals surface area contributed by atoms with Crippen LogP contribution in [0, 0.1) is 5.41 Å². The number of oxime groups is 1. The average molecular weight is 292 g/mol. The standard InChI is InChI=1S/C14H20N4O3/c1-14(13(15)17-20)4-7-18(8-5-14)12(19)10-3-6-16-9-11(10)21-2/h3,6,9,20H,4-5,7-8H2,1-2H3,(H2,15,17). The van der Waals surface area contributed by atoms with Crippen LogP contribution in [0.25, 0.3) is 0 Å². The van der Waals surface area contributed by atoms with Gasteiger partial charge in [0, 0.05) is 24.7 Å². The average Bonchev–Trinajstić information content (AvgIpc) is 2.54. The summed E-state index contributed by atoms with van der Waals surface area (Å²) in [6.45, 7) is 3.05. The zero-order chi connectivity index (χ0) is 15.5. The number of aromatic nitrogens is 1. The van der Waals surface area contributed by atoms with E-state index in [4.69, 9.17) is 15.7 Å². The molecule has 1 aromatic rings. The van der Waals surface area contributed by atoms with Crippen LogP contribution < -0.4 is 10.5 Å². The van der Waals surface area contributed by atoms with Crippen molar-refractivity contribution in [1.29, 1.82) is 0 Å². The number of carbonyl (C=O) groups excluding carboxylic acids is 1. The van der Waals surface area contributed by atoms with Crippen LogP contribution in [0.1, 0.15) is 30.1 Å². The summed E-state index contributed by atoms with van der Waals surface area (Å²) in [7, 11) is 1.51. The van der Waals surface area contributed by atoms with Crippen LogP contribution in [0.15, 0.2) is 23.6 Å². The van der Waals surface area contributed by atoms with Gasteiger partial charge in [0.2, 0.25) is 0 Å². The Kier molecular flexibility index (Phi) is 4.30. The Labute approximate surface area is 123 Å². The van der Waals surface area contributed by atoms with E-state index in [9.17, 15) is 4.79 Å². The Hall–Kier alpha value is -2.31. The second kappa shape index (κ2) is 5.99. The van der Waals surface area contributed by atoms with E-state index >= 15 is 0 Å². The summed E-state index contributed by atoms with van der Waals surface area (Å²) in [5, 5.41) is 11.9. The van der Waals surface area contributed by atoms with Crippen molar-refractivity contribution in [2.45, 2.75) is 19.8 Å². The summed E-state index contributed by atoms with van der Waals surface area (Å²) in [5.41, 5.74) is 5.86. The molecule has 114 valence electrons. The van der Waals surface area contributed by atoms with Crippen molar-refractivity contribution in [3.8, 4) is 5.75 Å². The minimum atomic E-state index is -0.367. The summed E-state index contributed by atoms with van der Waals surface area (Å²) in [4.78, 5) is 18.2. The molecule has 0 radical (unpaired) electrons. The predicted molar refractivity (Wildman–Crippen MR) is 77.4 cm³/mol. The Morgan fingerprint density at radius 3 is 2.76 bits per heavy atom. The normalized spacial score (nSPS) is 18.4. The van der Waals surface area contributed by atoms with E-state index in [1.54, 1.807) is 17.2 Å². The van der Waals surface area contributed by atoms with Crippen LogP contribution in [0.2, 0.25) is 0 Å². The number of likely N-dealkylation sites (tertiary alicyclic amines) is 1. The van der Waals surface area contributed by atoms with E-state index in [0.717, 1.165) is 0 Å². The second-order valence-electron chi connectivity index (χ2n) is 5.41. The molecule has 0 saturated carbocycles. The number of pyridine rings is 1. The van der Waals surface area contributed by atoms with Crippen LogP contribution in [0.4, 0.5) is 0 Å². The molecule has 1 amide bonds. The fraction of sp³-hybridized carbons (Fsp3) is 0.500. The van der Waals surface area contributed by atoms with E-state index in [2.05, 4.69) is 10.1 Å². The maximum absolute atomic E-state index is 12.5. The largest absolute Gasteiger partial charge is 0.494 e. The van der Waals surface area contributed by atoms with Crippen molar-refractivity contribution in [1.82, 2.24) is 9.88 Å². The maximum atomic E-state index is 12.5. The molecule has 0 bridgehead atoms. The SMILES string of the molecule is COc1cnccc1C(=O)N1CCC(C)(/C(N)=N/O)CC1. The molecule has 7 heteroatoms. The van der Waals surface area contributed by atoms with Gasteiger partial charge in [-0.15, -0.1) is 0 Å². The van der Waals surface area contributed by atoms with Crippen molar-refractivity contribution in [3.63, 3.8) is 0 Å². The lowest BCUT2D eigenvalue weighted by Gasteiger charge is -2.38. The molecule has 1 saturated heterocycles. The molecular weight excluding hydrogens is 272 g/mol. The van der Waals surface area contributed by atoms with E-state index < -0.39 is 0 Å². The maximum Gasteiger partial charge on any atom is 0.257 e. The highest BCUT2D eigenvalue weighted by molar-refractivity contribution is 5.97. The number of amidine groups is 1. The molecule has 2 heterocycles. The highest BCUT2D eigenvalue weighted by Crippen LogP contribution is 2.32. The first-order chi connectivity index (χ1) is 10.0. The molecule has 0 atom stereocenters. The van der Waals surface area contributed by atoms with Crippen LogP contribution in [-0.2, 0) is 0 Å². The predicted octanol–water partition coefficient (Wildman–Crippen LogP) is 1.08. The second-order valence-corrected chi connectivity index (χ2v) is 5.41. The Morgan fingerprint density at radius 2 is 2.19 bits per heavy atom. The lowest BCUT2D eigenvalue weighted by Crippen LogP contribution is -2.47. The van der Waals surface area contributed by atoms with Crippen molar-refractivity contribution in [2.75, 3.05) is 20.2 Å². The van der Waals surface area contributed by atoms with E-state index in [0.29, 0.717) is 37.2 Å². The molecule has 0 unspecified atom stereocenters. The van der Waals surface area contributed by atoms with Gasteiger partial charge >= 0.3 is 0 Å². The van der Waals surface area contributed by atoms with Gasteiger partial charge in [-0.3, -0.25) is 9.78 Å². The lowest BCUT2D eigenvalue weighted by molar-refractivity contribution is 0.0663. The fourth-order valence-corrected chi connectivity index (χ4v) is 2.47. The van der Waals surface area contributed by atoms with Crippen LogP contribution in [-0.4, -0.2) is 47.0 Å². The number of hydrogen-bond donors (Lipinski definition) is 2. The quantitative estimate of drug-likeness (QED) is 0.376. The molecule has 0 aliphatic carbocycles. The van der Waals surface area contributed by atoms with E-state index in [-0.39, 0.29) is 17.2 Å². The van der Waals surface area contributed by atoms with Gasteiger partial charge in [0.1, 0.15) is 11.6 Å². The van der Waals surface area contributed by atoms with Crippen molar-refractivity contribution in [2.24, 2.45) is 16.3 Å². The summed E-state index contributed by atoms with van der Waals surface area (Å²) in [6.07, 6.45) is 4.40. The monoisotopic (exact) mass is 292 g/mol. The highest BCUT2D eigenvalue weighted by atomic mass is 16.5. The van der Waals surface area contributed by atoms with Gasteiger partial charge in [-0.2, -0.15) is 0 Å². The molecule has 1 fully saturated rings. The number of carbonyl (C=O) groups is 1. The van der Waals surface area contributed by atoms with Gasteiger partial charge in [0.15, 0.2) is 0 Å². The molecule has 7 nitrogen and oxygen atoms in total. The van der Waals surface area contributed by atoms with Gasteiger partial charge in [0.25, 0.3) is 5.91 Å². The third kappa shape index (κ3) is 2.91. The van der Waals surface area contributed by atoms with Crippen molar-refractivity contribution in [3.05, 3.63) is 24.0 Å². The number of ether oxygens (including phenoxy) is 1. The Bertz CT molecular complexity index is 551. The highest BCUT2D eigenvalue weighted by Gasteiger charge is 2.36. The van der Waals surface area contributed by atoms with Crippen LogP contribution in [0.3, 0.4) is 0 Å². The summed E-state index contributed by atoms with van der Waals surface area (Å²) in [6, 6.07) is 1.65. The Morgan fingerprint density at radius 1 is 1.52 bits per heavy atom. The van der Waals surface area contributed by atoms with Gasteiger partial charge in [-0.1, -0.05) is 12.1 Å². The minimum absolute atomic E-state index is 0.0872. The number of methoxy groups -OCH3 is 1. The third-order valence-electron chi connectivity index (χ3n) is 4.12. The molecule has 1 aromatic heterocycles. The lowest BCUT2D eigenvalue weighted by atomic mass is 9.79. The molecule has 1 aliphatic rings. The number of amides is 1. The molecule has 1 aliphatic heterocycles. The number of rotatable bonds is 3. The first-order valence-electron chi connectivity index (χ1n) is 6.77. The molecule has 2 rings (SSSR count). The number of piperidine rings is 1. The number of hydrogen-bond acceptors (Lipinski definition) is 5. The van der Waals surface area contributed by atoms with Crippen LogP contribution in [0.5, 0.6) is 5.75 Å². The first-order valence-corrected chi connectivity index (χ1v) is 6.77. The first kappa shape index (κ1) is 15.1. The summed E-state index contributed by atoms with van der Waals surface area (Å²) in [5.74, 6) is 0.596. The van der Waals surface area contributed by atoms with Gasteiger partial charge < -0.3 is 20.6 Å². The Balaban J connectivity index is 2.10. The molecular formula is C14H20N4O3. The zero-order valence-electron chi connectivity index (χ0n) is 12.2. The topological polar surface area (TPSA) is 101 Å².